The van der Waals surface area contributed by atoms with Crippen molar-refractivity contribution in [1.29, 1.82) is 0 Å². The van der Waals surface area contributed by atoms with E-state index < -0.39 is 39.1 Å². The van der Waals surface area contributed by atoms with Crippen molar-refractivity contribution in [2.45, 2.75) is 4.90 Å². The van der Waals surface area contributed by atoms with E-state index in [1.165, 1.54) is 64.8 Å². The summed E-state index contributed by atoms with van der Waals surface area (Å²) in [5.74, 6) is -1.46. The Morgan fingerprint density at radius 2 is 1.43 bits per heavy atom. The largest absolute Gasteiger partial charge is 0.497 e. The van der Waals surface area contributed by atoms with Crippen LogP contribution in [-0.4, -0.2) is 55.2 Å². The number of benzene rings is 3. The number of rotatable bonds is 11. The quantitative estimate of drug-likeness (QED) is 0.290. The van der Waals surface area contributed by atoms with Gasteiger partial charge in [0.1, 0.15) is 16.5 Å². The van der Waals surface area contributed by atoms with Crippen LogP contribution >= 0.6 is 0 Å². The first-order chi connectivity index (χ1) is 17.6. The third-order valence-corrected chi connectivity index (χ3v) is 6.52. The van der Waals surface area contributed by atoms with Gasteiger partial charge >= 0.3 is 5.97 Å². The molecule has 0 bridgehead atoms. The summed E-state index contributed by atoms with van der Waals surface area (Å²) in [5, 5.41) is 0. The van der Waals surface area contributed by atoms with E-state index in [-0.39, 0.29) is 34.1 Å². The van der Waals surface area contributed by atoms with Crippen LogP contribution in [0, 0.1) is 5.82 Å². The highest BCUT2D eigenvalue weighted by Crippen LogP contribution is 2.38. The summed E-state index contributed by atoms with van der Waals surface area (Å²) in [7, 11) is 1.24. The van der Waals surface area contributed by atoms with E-state index in [9.17, 15) is 22.4 Å². The van der Waals surface area contributed by atoms with E-state index in [2.05, 4.69) is 4.72 Å². The highest BCUT2D eigenvalue weighted by molar-refractivity contribution is 7.92. The Kier molecular flexibility index (Phi) is 8.56. The molecule has 0 saturated heterocycles. The number of carbonyl (C=O) groups excluding carboxylic acids is 2. The lowest BCUT2D eigenvalue weighted by Gasteiger charge is -2.14. The number of hydrogen-bond acceptors (Lipinski definition) is 9. The summed E-state index contributed by atoms with van der Waals surface area (Å²) in [6, 6.07) is 11.4. The predicted molar refractivity (Wildman–Crippen MR) is 131 cm³/mol. The number of ether oxygens (including phenoxy) is 5. The summed E-state index contributed by atoms with van der Waals surface area (Å²) in [4.78, 5) is 24.4. The molecule has 0 heterocycles. The van der Waals surface area contributed by atoms with Crippen molar-refractivity contribution in [3.05, 3.63) is 71.5 Å². The minimum atomic E-state index is -4.40. The van der Waals surface area contributed by atoms with E-state index in [1.807, 2.05) is 0 Å². The lowest BCUT2D eigenvalue weighted by atomic mass is 10.1. The number of halogens is 1. The van der Waals surface area contributed by atoms with E-state index in [4.69, 9.17) is 23.7 Å². The Labute approximate surface area is 212 Å². The van der Waals surface area contributed by atoms with Crippen LogP contribution in [0.15, 0.2) is 59.5 Å². The number of nitrogens with one attached hydrogen (secondary N) is 1. The van der Waals surface area contributed by atoms with Crippen molar-refractivity contribution >= 4 is 27.5 Å². The third kappa shape index (κ3) is 6.28. The number of hydrogen-bond donors (Lipinski definition) is 1. The standard InChI is InChI=1S/C25H24FNO9S/c1-32-18-8-6-17(7-9-18)27-37(30,31)23-13-15(5-10-19(23)26)25(29)36-14-20(28)16-11-21(33-2)24(35-4)22(12-16)34-3/h5-13,27H,14H2,1-4H3. The van der Waals surface area contributed by atoms with Crippen LogP contribution in [-0.2, 0) is 14.8 Å². The maximum Gasteiger partial charge on any atom is 0.338 e. The van der Waals surface area contributed by atoms with Gasteiger partial charge in [-0.2, -0.15) is 0 Å². The average molecular weight is 534 g/mol. The van der Waals surface area contributed by atoms with Gasteiger partial charge in [-0.1, -0.05) is 0 Å². The Bertz CT molecular complexity index is 1380. The molecule has 196 valence electrons. The molecule has 0 atom stereocenters. The second-order valence-corrected chi connectivity index (χ2v) is 9.04. The topological polar surface area (TPSA) is 126 Å². The van der Waals surface area contributed by atoms with Crippen molar-refractivity contribution in [2.24, 2.45) is 0 Å². The van der Waals surface area contributed by atoms with Gasteiger partial charge in [-0.3, -0.25) is 9.52 Å². The fourth-order valence-corrected chi connectivity index (χ4v) is 4.41. The smallest absolute Gasteiger partial charge is 0.338 e. The highest BCUT2D eigenvalue weighted by atomic mass is 32.2. The molecule has 0 amide bonds. The zero-order chi connectivity index (χ0) is 27.2. The number of anilines is 1. The van der Waals surface area contributed by atoms with Gasteiger partial charge in [-0.05, 0) is 54.6 Å². The van der Waals surface area contributed by atoms with Crippen LogP contribution in [0.1, 0.15) is 20.7 Å². The zero-order valence-electron chi connectivity index (χ0n) is 20.4. The first-order valence-electron chi connectivity index (χ1n) is 10.6. The summed E-state index contributed by atoms with van der Waals surface area (Å²) in [6.07, 6.45) is 0. The van der Waals surface area contributed by atoms with Crippen LogP contribution < -0.4 is 23.7 Å². The molecule has 0 aliphatic carbocycles. The highest BCUT2D eigenvalue weighted by Gasteiger charge is 2.23. The molecule has 0 radical (unpaired) electrons. The molecular formula is C25H24FNO9S. The molecule has 0 aliphatic heterocycles. The first kappa shape index (κ1) is 27.3. The number of carbonyl (C=O) groups is 2. The molecule has 3 aromatic carbocycles. The molecule has 0 aromatic heterocycles. The monoisotopic (exact) mass is 533 g/mol. The molecular weight excluding hydrogens is 509 g/mol. The van der Waals surface area contributed by atoms with Gasteiger partial charge in [0.15, 0.2) is 18.1 Å². The Balaban J connectivity index is 1.76. The van der Waals surface area contributed by atoms with Crippen molar-refractivity contribution in [3.63, 3.8) is 0 Å². The van der Waals surface area contributed by atoms with Gasteiger partial charge in [-0.25, -0.2) is 17.6 Å². The summed E-state index contributed by atoms with van der Waals surface area (Å²) < 4.78 is 67.8. The molecule has 0 fully saturated rings. The van der Waals surface area contributed by atoms with Crippen LogP contribution in [0.25, 0.3) is 0 Å². The fourth-order valence-electron chi connectivity index (χ4n) is 3.25. The fraction of sp³-hybridized carbons (Fsp3) is 0.200. The first-order valence-corrected chi connectivity index (χ1v) is 12.1. The number of sulfonamides is 1. The van der Waals surface area contributed by atoms with E-state index in [0.717, 1.165) is 18.2 Å². The Morgan fingerprint density at radius 1 is 0.811 bits per heavy atom. The van der Waals surface area contributed by atoms with Crippen LogP contribution in [0.5, 0.6) is 23.0 Å². The molecule has 3 rings (SSSR count). The third-order valence-electron chi connectivity index (χ3n) is 5.12. The van der Waals surface area contributed by atoms with E-state index in [1.54, 1.807) is 0 Å². The number of ketones is 1. The minimum absolute atomic E-state index is 0.119. The predicted octanol–water partition coefficient (Wildman–Crippen LogP) is 3.70. The normalized spacial score (nSPS) is 10.8. The maximum atomic E-state index is 14.4. The zero-order valence-corrected chi connectivity index (χ0v) is 21.2. The van der Waals surface area contributed by atoms with Crippen LogP contribution in [0.4, 0.5) is 10.1 Å². The van der Waals surface area contributed by atoms with Crippen molar-refractivity contribution in [2.75, 3.05) is 39.8 Å². The second-order valence-electron chi connectivity index (χ2n) is 7.39. The number of methoxy groups -OCH3 is 4. The summed E-state index contributed by atoms with van der Waals surface area (Å²) in [5.41, 5.74) is 0.00619. The summed E-state index contributed by atoms with van der Waals surface area (Å²) >= 11 is 0. The van der Waals surface area contributed by atoms with E-state index in [0.29, 0.717) is 5.75 Å². The SMILES string of the molecule is COc1ccc(NS(=O)(=O)c2cc(C(=O)OCC(=O)c3cc(OC)c(OC)c(OC)c3)ccc2F)cc1. The van der Waals surface area contributed by atoms with E-state index >= 15 is 0 Å². The maximum absolute atomic E-state index is 14.4. The van der Waals surface area contributed by atoms with Crippen LogP contribution in [0.3, 0.4) is 0 Å². The average Bonchev–Trinajstić information content (AvgIpc) is 2.90. The van der Waals surface area contributed by atoms with Gasteiger partial charge in [0.2, 0.25) is 11.5 Å². The minimum Gasteiger partial charge on any atom is -0.497 e. The Morgan fingerprint density at radius 3 is 1.97 bits per heavy atom. The molecule has 0 saturated carbocycles. The van der Waals surface area contributed by atoms with Gasteiger partial charge in [0.25, 0.3) is 10.0 Å². The van der Waals surface area contributed by atoms with Gasteiger partial charge in [0.05, 0.1) is 34.0 Å². The molecule has 1 N–H and O–H groups in total. The van der Waals surface area contributed by atoms with Crippen molar-refractivity contribution < 1.29 is 46.1 Å². The number of esters is 1. The molecule has 0 aliphatic rings. The molecule has 12 heteroatoms. The lowest BCUT2D eigenvalue weighted by Crippen LogP contribution is -2.17. The molecule has 37 heavy (non-hydrogen) atoms. The van der Waals surface area contributed by atoms with Gasteiger partial charge in [-0.15, -0.1) is 0 Å². The summed E-state index contributed by atoms with van der Waals surface area (Å²) in [6.45, 7) is -0.680. The lowest BCUT2D eigenvalue weighted by molar-refractivity contribution is 0.0474. The molecule has 3 aromatic rings. The molecule has 0 unspecified atom stereocenters. The Hall–Kier alpha value is -4.32. The van der Waals surface area contributed by atoms with Crippen LogP contribution in [0.2, 0.25) is 0 Å². The van der Waals surface area contributed by atoms with Gasteiger partial charge in [0, 0.05) is 11.3 Å². The second kappa shape index (κ2) is 11.6. The van der Waals surface area contributed by atoms with Gasteiger partial charge < -0.3 is 23.7 Å². The molecule has 0 spiro atoms. The van der Waals surface area contributed by atoms with Crippen molar-refractivity contribution in [3.8, 4) is 23.0 Å². The molecule has 10 nitrogen and oxygen atoms in total. The van der Waals surface area contributed by atoms with Crippen molar-refractivity contribution in [1.82, 2.24) is 0 Å². The number of Topliss-reactive ketones (excluding diaryl/α,β-unsaturated/α-hetero) is 1.